The first kappa shape index (κ1) is 19.2. The predicted molar refractivity (Wildman–Crippen MR) is 106 cm³/mol. The van der Waals surface area contributed by atoms with Gasteiger partial charge in [0.1, 0.15) is 0 Å². The number of piperidine rings is 1. The predicted octanol–water partition coefficient (Wildman–Crippen LogP) is 4.36. The number of benzene rings is 2. The fourth-order valence-corrected chi connectivity index (χ4v) is 4.03. The minimum Gasteiger partial charge on any atom is -0.478 e. The molecule has 0 aromatic heterocycles. The number of nitrogens with zero attached hydrogens (tertiary/aromatic N) is 1. The molecule has 2 aromatic rings. The number of carboxylic acid groups (broad SMARTS) is 1. The number of carbonyl (C=O) groups is 2. The standard InChI is InChI=1S/C23H27NO3/c1-2-20(18-8-4-3-5-9-18)22(25)24-14-12-17(13-15-24)16-19-10-6-7-11-21(19)23(26)27/h3-11,17,20H,2,12-16H2,1H3,(H,26,27). The van der Waals surface area contributed by atoms with E-state index in [-0.39, 0.29) is 11.8 Å². The van der Waals surface area contributed by atoms with Crippen LogP contribution in [0.3, 0.4) is 0 Å². The number of likely N-dealkylation sites (tertiary alicyclic amines) is 1. The molecule has 0 spiro atoms. The molecule has 1 atom stereocenters. The summed E-state index contributed by atoms with van der Waals surface area (Å²) in [5, 5.41) is 9.35. The van der Waals surface area contributed by atoms with Crippen LogP contribution >= 0.6 is 0 Å². The molecular formula is C23H27NO3. The van der Waals surface area contributed by atoms with E-state index in [1.54, 1.807) is 12.1 Å². The van der Waals surface area contributed by atoms with Gasteiger partial charge in [-0.2, -0.15) is 0 Å². The summed E-state index contributed by atoms with van der Waals surface area (Å²) < 4.78 is 0. The van der Waals surface area contributed by atoms with Gasteiger partial charge in [0.15, 0.2) is 0 Å². The van der Waals surface area contributed by atoms with Crippen LogP contribution in [0.2, 0.25) is 0 Å². The lowest BCUT2D eigenvalue weighted by molar-refractivity contribution is -0.134. The second-order valence-electron chi connectivity index (χ2n) is 7.31. The monoisotopic (exact) mass is 365 g/mol. The number of aromatic carboxylic acids is 1. The third-order valence-corrected chi connectivity index (χ3v) is 5.59. The molecule has 1 amide bonds. The quantitative estimate of drug-likeness (QED) is 0.827. The van der Waals surface area contributed by atoms with Crippen LogP contribution in [0.1, 0.15) is 53.6 Å². The van der Waals surface area contributed by atoms with E-state index in [2.05, 4.69) is 6.92 Å². The Bertz CT molecular complexity index is 779. The van der Waals surface area contributed by atoms with E-state index in [1.807, 2.05) is 47.4 Å². The van der Waals surface area contributed by atoms with E-state index in [0.29, 0.717) is 11.5 Å². The molecule has 3 rings (SSSR count). The highest BCUT2D eigenvalue weighted by Gasteiger charge is 2.28. The molecule has 27 heavy (non-hydrogen) atoms. The highest BCUT2D eigenvalue weighted by atomic mass is 16.4. The first-order valence-corrected chi connectivity index (χ1v) is 9.75. The molecule has 1 unspecified atom stereocenters. The Kier molecular flexibility index (Phi) is 6.28. The summed E-state index contributed by atoms with van der Waals surface area (Å²) in [7, 11) is 0. The van der Waals surface area contributed by atoms with Gasteiger partial charge in [-0.05, 0) is 48.8 Å². The maximum absolute atomic E-state index is 13.0. The van der Waals surface area contributed by atoms with Crippen molar-refractivity contribution in [3.05, 3.63) is 71.3 Å². The molecule has 0 aliphatic carbocycles. The molecule has 4 nitrogen and oxygen atoms in total. The Morgan fingerprint density at radius 1 is 1.04 bits per heavy atom. The van der Waals surface area contributed by atoms with Crippen LogP contribution in [0, 0.1) is 5.92 Å². The van der Waals surface area contributed by atoms with E-state index in [9.17, 15) is 14.7 Å². The van der Waals surface area contributed by atoms with Gasteiger partial charge in [-0.15, -0.1) is 0 Å². The Balaban J connectivity index is 1.60. The van der Waals surface area contributed by atoms with Crippen molar-refractivity contribution in [2.24, 2.45) is 5.92 Å². The molecule has 0 bridgehead atoms. The maximum atomic E-state index is 13.0. The maximum Gasteiger partial charge on any atom is 0.335 e. The molecule has 1 N–H and O–H groups in total. The summed E-state index contributed by atoms with van der Waals surface area (Å²) in [6.45, 7) is 3.56. The average molecular weight is 365 g/mol. The molecule has 0 saturated carbocycles. The van der Waals surface area contributed by atoms with Crippen LogP contribution in [0.15, 0.2) is 54.6 Å². The van der Waals surface area contributed by atoms with Crippen LogP contribution in [0.4, 0.5) is 0 Å². The van der Waals surface area contributed by atoms with Gasteiger partial charge in [0.2, 0.25) is 5.91 Å². The fourth-order valence-electron chi connectivity index (χ4n) is 4.03. The number of amides is 1. The second kappa shape index (κ2) is 8.85. The van der Waals surface area contributed by atoms with Gasteiger partial charge >= 0.3 is 5.97 Å². The summed E-state index contributed by atoms with van der Waals surface area (Å²) in [5.74, 6) is -0.304. The highest BCUT2D eigenvalue weighted by Crippen LogP contribution is 2.27. The van der Waals surface area contributed by atoms with Gasteiger partial charge in [-0.1, -0.05) is 55.5 Å². The van der Waals surface area contributed by atoms with Crippen molar-refractivity contribution >= 4 is 11.9 Å². The SMILES string of the molecule is CCC(C(=O)N1CCC(Cc2ccccc2C(=O)O)CC1)c1ccccc1. The normalized spacial score (nSPS) is 16.1. The van der Waals surface area contributed by atoms with Gasteiger partial charge in [0, 0.05) is 13.1 Å². The fraction of sp³-hybridized carbons (Fsp3) is 0.391. The number of hydrogen-bond acceptors (Lipinski definition) is 2. The van der Waals surface area contributed by atoms with Gasteiger partial charge in [-0.25, -0.2) is 4.79 Å². The zero-order valence-corrected chi connectivity index (χ0v) is 15.8. The van der Waals surface area contributed by atoms with Crippen molar-refractivity contribution in [1.29, 1.82) is 0 Å². The Hall–Kier alpha value is -2.62. The lowest BCUT2D eigenvalue weighted by Gasteiger charge is -2.34. The zero-order valence-electron chi connectivity index (χ0n) is 15.8. The summed E-state index contributed by atoms with van der Waals surface area (Å²) in [6, 6.07) is 17.2. The first-order chi connectivity index (χ1) is 13.1. The summed E-state index contributed by atoms with van der Waals surface area (Å²) in [4.78, 5) is 26.4. The van der Waals surface area contributed by atoms with Crippen LogP contribution in [0.5, 0.6) is 0 Å². The molecule has 0 radical (unpaired) electrons. The first-order valence-electron chi connectivity index (χ1n) is 9.75. The van der Waals surface area contributed by atoms with Gasteiger partial charge in [-0.3, -0.25) is 4.79 Å². The second-order valence-corrected chi connectivity index (χ2v) is 7.31. The van der Waals surface area contributed by atoms with E-state index in [1.165, 1.54) is 0 Å². The average Bonchev–Trinajstić information content (AvgIpc) is 2.70. The number of carboxylic acids is 1. The molecule has 1 heterocycles. The molecule has 1 fully saturated rings. The summed E-state index contributed by atoms with van der Waals surface area (Å²) in [5.41, 5.74) is 2.37. The van der Waals surface area contributed by atoms with Crippen LogP contribution in [-0.2, 0) is 11.2 Å². The molecule has 1 saturated heterocycles. The minimum atomic E-state index is -0.869. The van der Waals surface area contributed by atoms with Crippen molar-refractivity contribution < 1.29 is 14.7 Å². The van der Waals surface area contributed by atoms with Crippen molar-refractivity contribution in [1.82, 2.24) is 4.90 Å². The molecular weight excluding hydrogens is 338 g/mol. The number of hydrogen-bond donors (Lipinski definition) is 1. The largest absolute Gasteiger partial charge is 0.478 e. The Morgan fingerprint density at radius 3 is 2.30 bits per heavy atom. The van der Waals surface area contributed by atoms with Crippen molar-refractivity contribution in [3.8, 4) is 0 Å². The minimum absolute atomic E-state index is 0.0736. The topological polar surface area (TPSA) is 57.6 Å². The van der Waals surface area contributed by atoms with E-state index < -0.39 is 5.97 Å². The van der Waals surface area contributed by atoms with Crippen molar-refractivity contribution in [2.45, 2.75) is 38.5 Å². The molecule has 1 aliphatic rings. The van der Waals surface area contributed by atoms with Crippen LogP contribution < -0.4 is 0 Å². The number of rotatable bonds is 6. The molecule has 4 heteroatoms. The van der Waals surface area contributed by atoms with E-state index >= 15 is 0 Å². The Morgan fingerprint density at radius 2 is 1.67 bits per heavy atom. The van der Waals surface area contributed by atoms with Crippen LogP contribution in [0.25, 0.3) is 0 Å². The lowest BCUT2D eigenvalue weighted by atomic mass is 9.87. The van der Waals surface area contributed by atoms with Gasteiger partial charge in [0.05, 0.1) is 11.5 Å². The summed E-state index contributed by atoms with van der Waals surface area (Å²) in [6.07, 6.45) is 3.41. The van der Waals surface area contributed by atoms with E-state index in [4.69, 9.17) is 0 Å². The highest BCUT2D eigenvalue weighted by molar-refractivity contribution is 5.89. The Labute approximate surface area is 160 Å². The van der Waals surface area contributed by atoms with Crippen molar-refractivity contribution in [2.75, 3.05) is 13.1 Å². The van der Waals surface area contributed by atoms with Crippen molar-refractivity contribution in [3.63, 3.8) is 0 Å². The molecule has 1 aliphatic heterocycles. The van der Waals surface area contributed by atoms with Gasteiger partial charge in [0.25, 0.3) is 0 Å². The molecule has 142 valence electrons. The van der Waals surface area contributed by atoms with Gasteiger partial charge < -0.3 is 10.0 Å². The smallest absolute Gasteiger partial charge is 0.335 e. The lowest BCUT2D eigenvalue weighted by Crippen LogP contribution is -2.41. The zero-order chi connectivity index (χ0) is 19.2. The molecule has 2 aromatic carbocycles. The van der Waals surface area contributed by atoms with E-state index in [0.717, 1.165) is 49.9 Å². The third-order valence-electron chi connectivity index (χ3n) is 5.59. The number of carbonyl (C=O) groups excluding carboxylic acids is 1. The third kappa shape index (κ3) is 4.57. The van der Waals surface area contributed by atoms with Crippen LogP contribution in [-0.4, -0.2) is 35.0 Å². The summed E-state index contributed by atoms with van der Waals surface area (Å²) >= 11 is 0.